The molecule has 1 saturated heterocycles. The smallest absolute Gasteiger partial charge is 0.375 e. The number of carbonyl (C=O) groups is 2. The summed E-state index contributed by atoms with van der Waals surface area (Å²) in [6, 6.07) is 11.8. The van der Waals surface area contributed by atoms with Crippen LogP contribution in [0.5, 0.6) is 0 Å². The number of esters is 1. The van der Waals surface area contributed by atoms with Crippen molar-refractivity contribution in [1.29, 1.82) is 0 Å². The van der Waals surface area contributed by atoms with E-state index in [0.29, 0.717) is 24.2 Å². The molecular formula is C22H23NO5. The summed E-state index contributed by atoms with van der Waals surface area (Å²) in [6.45, 7) is 6.35. The standard InChI is InChI=1S/C22H23NO5/c1-13-10-23(11-14(2)27-13)19(24)12-26-22(25)20-15(3)17-9-8-16-6-4-5-7-18(16)21(17)28-20/h4-9,13-14H,10-12H2,1-3H3/t13-,14-/m1/s1. The van der Waals surface area contributed by atoms with E-state index in [2.05, 4.69) is 0 Å². The zero-order valence-corrected chi connectivity index (χ0v) is 16.2. The van der Waals surface area contributed by atoms with Crippen LogP contribution in [-0.2, 0) is 14.3 Å². The maximum absolute atomic E-state index is 12.6. The molecule has 0 unspecified atom stereocenters. The van der Waals surface area contributed by atoms with Gasteiger partial charge in [-0.1, -0.05) is 36.4 Å². The zero-order chi connectivity index (χ0) is 19.8. The van der Waals surface area contributed by atoms with E-state index in [9.17, 15) is 9.59 Å². The molecule has 3 aromatic rings. The van der Waals surface area contributed by atoms with Gasteiger partial charge in [0.25, 0.3) is 5.91 Å². The van der Waals surface area contributed by atoms with Gasteiger partial charge < -0.3 is 18.8 Å². The lowest BCUT2D eigenvalue weighted by Crippen LogP contribution is -2.49. The van der Waals surface area contributed by atoms with Gasteiger partial charge >= 0.3 is 5.97 Å². The van der Waals surface area contributed by atoms with Gasteiger partial charge in [0.05, 0.1) is 12.2 Å². The van der Waals surface area contributed by atoms with Crippen LogP contribution in [0.4, 0.5) is 0 Å². The van der Waals surface area contributed by atoms with Gasteiger partial charge in [-0.2, -0.15) is 0 Å². The average molecular weight is 381 g/mol. The minimum Gasteiger partial charge on any atom is -0.450 e. The van der Waals surface area contributed by atoms with Crippen LogP contribution in [0.15, 0.2) is 40.8 Å². The molecule has 0 aliphatic carbocycles. The van der Waals surface area contributed by atoms with Gasteiger partial charge in [-0.05, 0) is 26.2 Å². The molecular weight excluding hydrogens is 358 g/mol. The average Bonchev–Trinajstić information content (AvgIpc) is 3.02. The van der Waals surface area contributed by atoms with Crippen LogP contribution in [0, 0.1) is 6.92 Å². The quantitative estimate of drug-likeness (QED) is 0.647. The molecule has 1 fully saturated rings. The van der Waals surface area contributed by atoms with Crippen molar-refractivity contribution in [2.45, 2.75) is 33.0 Å². The summed E-state index contributed by atoms with van der Waals surface area (Å²) in [5.74, 6) is -0.710. The van der Waals surface area contributed by atoms with E-state index in [0.717, 1.165) is 16.2 Å². The molecule has 28 heavy (non-hydrogen) atoms. The fraction of sp³-hybridized carbons (Fsp3) is 0.364. The Labute approximate surface area is 163 Å². The molecule has 1 amide bonds. The number of aryl methyl sites for hydroxylation is 1. The number of morpholine rings is 1. The topological polar surface area (TPSA) is 69.0 Å². The first-order valence-electron chi connectivity index (χ1n) is 9.45. The van der Waals surface area contributed by atoms with E-state index in [1.54, 1.807) is 4.90 Å². The third-order valence-electron chi connectivity index (χ3n) is 5.11. The predicted molar refractivity (Wildman–Crippen MR) is 105 cm³/mol. The number of hydrogen-bond acceptors (Lipinski definition) is 5. The number of nitrogens with zero attached hydrogens (tertiary/aromatic N) is 1. The van der Waals surface area contributed by atoms with Gasteiger partial charge in [0.15, 0.2) is 6.61 Å². The maximum atomic E-state index is 12.6. The van der Waals surface area contributed by atoms with Crippen LogP contribution < -0.4 is 0 Å². The molecule has 0 radical (unpaired) electrons. The molecule has 2 heterocycles. The molecule has 1 aliphatic heterocycles. The lowest BCUT2D eigenvalue weighted by atomic mass is 10.1. The molecule has 1 aliphatic rings. The molecule has 1 aromatic heterocycles. The fourth-order valence-electron chi connectivity index (χ4n) is 3.81. The van der Waals surface area contributed by atoms with Crippen molar-refractivity contribution in [3.05, 3.63) is 47.7 Å². The second kappa shape index (κ2) is 7.28. The zero-order valence-electron chi connectivity index (χ0n) is 16.2. The van der Waals surface area contributed by atoms with Gasteiger partial charge in [-0.3, -0.25) is 4.79 Å². The van der Waals surface area contributed by atoms with Crippen LogP contribution >= 0.6 is 0 Å². The van der Waals surface area contributed by atoms with Crippen LogP contribution in [0.3, 0.4) is 0 Å². The van der Waals surface area contributed by atoms with Crippen molar-refractivity contribution in [3.8, 4) is 0 Å². The highest BCUT2D eigenvalue weighted by Gasteiger charge is 2.27. The molecule has 6 nitrogen and oxygen atoms in total. The van der Waals surface area contributed by atoms with Crippen molar-refractivity contribution in [2.75, 3.05) is 19.7 Å². The van der Waals surface area contributed by atoms with Crippen molar-refractivity contribution >= 4 is 33.6 Å². The Morgan fingerprint density at radius 3 is 2.54 bits per heavy atom. The Bertz CT molecular complexity index is 1040. The summed E-state index contributed by atoms with van der Waals surface area (Å²) in [7, 11) is 0. The fourth-order valence-corrected chi connectivity index (χ4v) is 3.81. The number of amides is 1. The van der Waals surface area contributed by atoms with E-state index in [1.165, 1.54) is 0 Å². The lowest BCUT2D eigenvalue weighted by Gasteiger charge is -2.35. The number of hydrogen-bond donors (Lipinski definition) is 0. The van der Waals surface area contributed by atoms with Gasteiger partial charge in [0, 0.05) is 29.4 Å². The van der Waals surface area contributed by atoms with Crippen LogP contribution in [-0.4, -0.2) is 48.7 Å². The highest BCUT2D eigenvalue weighted by atomic mass is 16.5. The summed E-state index contributed by atoms with van der Waals surface area (Å²) in [4.78, 5) is 26.7. The normalized spacial score (nSPS) is 19.9. The number of fused-ring (bicyclic) bond motifs is 3. The first kappa shape index (κ1) is 18.5. The number of furan rings is 1. The van der Waals surface area contributed by atoms with E-state index in [4.69, 9.17) is 13.9 Å². The third kappa shape index (κ3) is 3.36. The summed E-state index contributed by atoms with van der Waals surface area (Å²) in [5, 5.41) is 2.84. The second-order valence-corrected chi connectivity index (χ2v) is 7.35. The van der Waals surface area contributed by atoms with Crippen LogP contribution in [0.2, 0.25) is 0 Å². The number of benzene rings is 2. The molecule has 2 atom stereocenters. The highest BCUT2D eigenvalue weighted by molar-refractivity contribution is 6.08. The summed E-state index contributed by atoms with van der Waals surface area (Å²) in [5.41, 5.74) is 1.37. The molecule has 0 N–H and O–H groups in total. The largest absolute Gasteiger partial charge is 0.450 e. The number of ether oxygens (including phenoxy) is 2. The molecule has 0 saturated carbocycles. The number of rotatable bonds is 3. The SMILES string of the molecule is Cc1c(C(=O)OCC(=O)N2C[C@@H](C)O[C@H](C)C2)oc2c1ccc1ccccc12. The van der Waals surface area contributed by atoms with E-state index in [-0.39, 0.29) is 30.5 Å². The summed E-state index contributed by atoms with van der Waals surface area (Å²) in [6.07, 6.45) is -0.0661. The van der Waals surface area contributed by atoms with Crippen molar-refractivity contribution < 1.29 is 23.5 Å². The highest BCUT2D eigenvalue weighted by Crippen LogP contribution is 2.32. The molecule has 146 valence electrons. The molecule has 4 rings (SSSR count). The van der Waals surface area contributed by atoms with Crippen molar-refractivity contribution in [3.63, 3.8) is 0 Å². The van der Waals surface area contributed by atoms with E-state index < -0.39 is 5.97 Å². The van der Waals surface area contributed by atoms with E-state index in [1.807, 2.05) is 57.2 Å². The molecule has 6 heteroatoms. The maximum Gasteiger partial charge on any atom is 0.375 e. The minimum absolute atomic E-state index is 0.0331. The molecule has 0 spiro atoms. The van der Waals surface area contributed by atoms with Gasteiger partial charge in [0.2, 0.25) is 5.76 Å². The Kier molecular flexibility index (Phi) is 4.81. The van der Waals surface area contributed by atoms with Crippen molar-refractivity contribution in [2.24, 2.45) is 0 Å². The molecule has 2 aromatic carbocycles. The predicted octanol–water partition coefficient (Wildman–Crippen LogP) is 3.69. The Balaban J connectivity index is 1.52. The van der Waals surface area contributed by atoms with E-state index >= 15 is 0 Å². The monoisotopic (exact) mass is 381 g/mol. The first-order chi connectivity index (χ1) is 13.4. The Morgan fingerprint density at radius 2 is 1.79 bits per heavy atom. The molecule has 0 bridgehead atoms. The first-order valence-corrected chi connectivity index (χ1v) is 9.45. The minimum atomic E-state index is -0.625. The third-order valence-corrected chi connectivity index (χ3v) is 5.11. The van der Waals surface area contributed by atoms with Crippen molar-refractivity contribution in [1.82, 2.24) is 4.90 Å². The van der Waals surface area contributed by atoms with Crippen LogP contribution in [0.1, 0.15) is 30.0 Å². The second-order valence-electron chi connectivity index (χ2n) is 7.35. The van der Waals surface area contributed by atoms with Crippen LogP contribution in [0.25, 0.3) is 21.7 Å². The van der Waals surface area contributed by atoms with Gasteiger partial charge in [0.1, 0.15) is 5.58 Å². The van der Waals surface area contributed by atoms with Gasteiger partial charge in [-0.25, -0.2) is 4.79 Å². The Morgan fingerprint density at radius 1 is 1.07 bits per heavy atom. The lowest BCUT2D eigenvalue weighted by molar-refractivity contribution is -0.146. The van der Waals surface area contributed by atoms with Gasteiger partial charge in [-0.15, -0.1) is 0 Å². The Hall–Kier alpha value is -2.86. The number of carbonyl (C=O) groups excluding carboxylic acids is 2. The summed E-state index contributed by atoms with van der Waals surface area (Å²) >= 11 is 0. The summed E-state index contributed by atoms with van der Waals surface area (Å²) < 4.78 is 16.8.